The van der Waals surface area contributed by atoms with Crippen molar-refractivity contribution < 1.29 is 14.7 Å². The Morgan fingerprint density at radius 3 is 2.44 bits per heavy atom. The van der Waals surface area contributed by atoms with Crippen LogP contribution in [0.2, 0.25) is 0 Å². The second-order valence-electron chi connectivity index (χ2n) is 4.35. The van der Waals surface area contributed by atoms with Crippen molar-refractivity contribution >= 4 is 11.9 Å². The fraction of sp³-hybridized carbons (Fsp3) is 0.583. The Hall–Kier alpha value is -1.85. The molecule has 0 saturated heterocycles. The van der Waals surface area contributed by atoms with Crippen molar-refractivity contribution in [3.63, 3.8) is 0 Å². The molecular formula is C12H19N3O3. The van der Waals surface area contributed by atoms with E-state index in [1.165, 1.54) is 0 Å². The number of hydrogen-bond acceptors (Lipinski definition) is 3. The summed E-state index contributed by atoms with van der Waals surface area (Å²) in [6.45, 7) is 5.42. The molecule has 1 atom stereocenters. The van der Waals surface area contributed by atoms with Crippen molar-refractivity contribution in [2.45, 2.75) is 39.7 Å². The molecule has 0 aliphatic rings. The summed E-state index contributed by atoms with van der Waals surface area (Å²) in [4.78, 5) is 22.7. The van der Waals surface area contributed by atoms with Gasteiger partial charge in [0.15, 0.2) is 0 Å². The smallest absolute Gasteiger partial charge is 0.305 e. The van der Waals surface area contributed by atoms with Gasteiger partial charge >= 0.3 is 5.97 Å². The largest absolute Gasteiger partial charge is 0.481 e. The fourth-order valence-corrected chi connectivity index (χ4v) is 1.87. The Morgan fingerprint density at radius 2 is 2.06 bits per heavy atom. The molecule has 1 rings (SSSR count). The summed E-state index contributed by atoms with van der Waals surface area (Å²) in [6, 6.07) is -0.353. The van der Waals surface area contributed by atoms with E-state index in [4.69, 9.17) is 5.11 Å². The molecule has 0 fully saturated rings. The molecule has 0 radical (unpaired) electrons. The minimum Gasteiger partial charge on any atom is -0.481 e. The maximum absolute atomic E-state index is 12.1. The van der Waals surface area contributed by atoms with Crippen LogP contribution in [-0.4, -0.2) is 32.8 Å². The summed E-state index contributed by atoms with van der Waals surface area (Å²) in [5, 5.41) is 15.6. The average Bonchev–Trinajstić information content (AvgIpc) is 2.51. The van der Waals surface area contributed by atoms with Gasteiger partial charge < -0.3 is 10.4 Å². The van der Waals surface area contributed by atoms with Crippen molar-refractivity contribution in [2.24, 2.45) is 7.05 Å². The van der Waals surface area contributed by atoms with Crippen LogP contribution in [0, 0.1) is 13.8 Å². The molecule has 1 aromatic heterocycles. The van der Waals surface area contributed by atoms with Gasteiger partial charge in [-0.3, -0.25) is 14.3 Å². The second-order valence-corrected chi connectivity index (χ2v) is 4.35. The van der Waals surface area contributed by atoms with Crippen LogP contribution in [0.25, 0.3) is 0 Å². The third-order valence-corrected chi connectivity index (χ3v) is 2.99. The van der Waals surface area contributed by atoms with Crippen LogP contribution < -0.4 is 5.32 Å². The third kappa shape index (κ3) is 3.09. The van der Waals surface area contributed by atoms with Crippen LogP contribution in [0.15, 0.2) is 0 Å². The molecule has 2 N–H and O–H groups in total. The number of carbonyl (C=O) groups is 2. The first-order valence-electron chi connectivity index (χ1n) is 5.89. The van der Waals surface area contributed by atoms with Crippen LogP contribution >= 0.6 is 0 Å². The molecule has 18 heavy (non-hydrogen) atoms. The fourth-order valence-electron chi connectivity index (χ4n) is 1.87. The lowest BCUT2D eigenvalue weighted by molar-refractivity contribution is -0.137. The number of aryl methyl sites for hydroxylation is 2. The summed E-state index contributed by atoms with van der Waals surface area (Å²) >= 11 is 0. The zero-order valence-corrected chi connectivity index (χ0v) is 11.1. The number of aliphatic carboxylic acids is 1. The average molecular weight is 253 g/mol. The molecular weight excluding hydrogens is 234 g/mol. The highest BCUT2D eigenvalue weighted by molar-refractivity contribution is 5.96. The third-order valence-electron chi connectivity index (χ3n) is 2.99. The number of nitrogens with one attached hydrogen (secondary N) is 1. The molecule has 100 valence electrons. The van der Waals surface area contributed by atoms with E-state index in [1.807, 2.05) is 13.8 Å². The lowest BCUT2D eigenvalue weighted by Gasteiger charge is -2.14. The summed E-state index contributed by atoms with van der Waals surface area (Å²) in [5.74, 6) is -1.17. The van der Waals surface area contributed by atoms with Crippen LogP contribution in [0.1, 0.15) is 41.5 Å². The van der Waals surface area contributed by atoms with Gasteiger partial charge in [0.2, 0.25) is 0 Å². The Balaban J connectivity index is 2.84. The zero-order valence-electron chi connectivity index (χ0n) is 11.1. The zero-order chi connectivity index (χ0) is 13.9. The van der Waals surface area contributed by atoms with Crippen molar-refractivity contribution in [1.82, 2.24) is 15.1 Å². The minimum atomic E-state index is -0.915. The van der Waals surface area contributed by atoms with E-state index in [2.05, 4.69) is 10.4 Å². The maximum Gasteiger partial charge on any atom is 0.305 e. The number of hydrogen-bond donors (Lipinski definition) is 2. The van der Waals surface area contributed by atoms with Crippen molar-refractivity contribution in [1.29, 1.82) is 0 Å². The second kappa shape index (κ2) is 5.66. The first-order valence-corrected chi connectivity index (χ1v) is 5.89. The SMILES string of the molecule is CCC(CC(=O)O)NC(=O)c1c(C)nn(C)c1C. The van der Waals surface area contributed by atoms with Gasteiger partial charge in [-0.2, -0.15) is 5.10 Å². The van der Waals surface area contributed by atoms with Crippen LogP contribution in [0.5, 0.6) is 0 Å². The summed E-state index contributed by atoms with van der Waals surface area (Å²) in [6.07, 6.45) is 0.511. The van der Waals surface area contributed by atoms with Gasteiger partial charge in [-0.15, -0.1) is 0 Å². The molecule has 1 aromatic rings. The topological polar surface area (TPSA) is 84.2 Å². The summed E-state index contributed by atoms with van der Waals surface area (Å²) < 4.78 is 1.64. The van der Waals surface area contributed by atoms with E-state index >= 15 is 0 Å². The number of carboxylic acids is 1. The molecule has 1 unspecified atom stereocenters. The quantitative estimate of drug-likeness (QED) is 0.820. The van der Waals surface area contributed by atoms with E-state index in [9.17, 15) is 9.59 Å². The van der Waals surface area contributed by atoms with E-state index in [-0.39, 0.29) is 18.4 Å². The number of carboxylic acid groups (broad SMARTS) is 1. The monoisotopic (exact) mass is 253 g/mol. The van der Waals surface area contributed by atoms with Gasteiger partial charge in [0.05, 0.1) is 17.7 Å². The lowest BCUT2D eigenvalue weighted by Crippen LogP contribution is -2.36. The normalized spacial score (nSPS) is 12.2. The summed E-state index contributed by atoms with van der Waals surface area (Å²) in [5.41, 5.74) is 1.95. The number of rotatable bonds is 5. The van der Waals surface area contributed by atoms with Crippen molar-refractivity contribution in [3.05, 3.63) is 17.0 Å². The Kier molecular flexibility index (Phi) is 4.47. The van der Waals surface area contributed by atoms with E-state index in [0.717, 1.165) is 5.69 Å². The van der Waals surface area contributed by atoms with Crippen molar-refractivity contribution in [2.75, 3.05) is 0 Å². The number of amides is 1. The van der Waals surface area contributed by atoms with Crippen LogP contribution in [0.3, 0.4) is 0 Å². The molecule has 0 aliphatic heterocycles. The van der Waals surface area contributed by atoms with Crippen molar-refractivity contribution in [3.8, 4) is 0 Å². The predicted octanol–water partition coefficient (Wildman–Crippen LogP) is 1.02. The van der Waals surface area contributed by atoms with Crippen LogP contribution in [-0.2, 0) is 11.8 Å². The first kappa shape index (κ1) is 14.2. The minimum absolute atomic E-state index is 0.0689. The first-order chi connectivity index (χ1) is 8.36. The molecule has 1 heterocycles. The lowest BCUT2D eigenvalue weighted by atomic mass is 10.1. The number of aromatic nitrogens is 2. The van der Waals surface area contributed by atoms with Gasteiger partial charge in [0, 0.05) is 18.8 Å². The molecule has 0 aliphatic carbocycles. The maximum atomic E-state index is 12.1. The van der Waals surface area contributed by atoms with Gasteiger partial charge in [-0.05, 0) is 20.3 Å². The van der Waals surface area contributed by atoms with E-state index in [1.54, 1.807) is 18.7 Å². The van der Waals surface area contributed by atoms with E-state index < -0.39 is 5.97 Å². The highest BCUT2D eigenvalue weighted by Crippen LogP contribution is 2.12. The molecule has 0 bridgehead atoms. The Bertz CT molecular complexity index is 465. The summed E-state index contributed by atoms with van der Waals surface area (Å²) in [7, 11) is 1.77. The van der Waals surface area contributed by atoms with Crippen LogP contribution in [0.4, 0.5) is 0 Å². The molecule has 6 nitrogen and oxygen atoms in total. The number of nitrogens with zero attached hydrogens (tertiary/aromatic N) is 2. The highest BCUT2D eigenvalue weighted by atomic mass is 16.4. The Morgan fingerprint density at radius 1 is 1.44 bits per heavy atom. The molecule has 1 amide bonds. The van der Waals surface area contributed by atoms with E-state index in [0.29, 0.717) is 17.7 Å². The van der Waals surface area contributed by atoms with Gasteiger partial charge in [-0.1, -0.05) is 6.92 Å². The predicted molar refractivity (Wildman–Crippen MR) is 66.5 cm³/mol. The molecule has 6 heteroatoms. The number of carbonyl (C=O) groups excluding carboxylic acids is 1. The molecule has 0 aromatic carbocycles. The highest BCUT2D eigenvalue weighted by Gasteiger charge is 2.20. The van der Waals surface area contributed by atoms with Gasteiger partial charge in [0.25, 0.3) is 5.91 Å². The van der Waals surface area contributed by atoms with Gasteiger partial charge in [0.1, 0.15) is 0 Å². The Labute approximate surface area is 106 Å². The molecule has 0 spiro atoms. The molecule has 0 saturated carbocycles. The van der Waals surface area contributed by atoms with Gasteiger partial charge in [-0.25, -0.2) is 0 Å². The standard InChI is InChI=1S/C12H19N3O3/c1-5-9(6-10(16)17)13-12(18)11-7(2)14-15(4)8(11)3/h9H,5-6H2,1-4H3,(H,13,18)(H,16,17).